The molecule has 0 saturated carbocycles. The molecular weight excluding hydrogens is 256 g/mol. The molecule has 0 aliphatic heterocycles. The van der Waals surface area contributed by atoms with Gasteiger partial charge in [0.1, 0.15) is 0 Å². The maximum atomic E-state index is 5.66. The first-order valence-electron chi connectivity index (χ1n) is 5.07. The van der Waals surface area contributed by atoms with E-state index in [2.05, 4.69) is 25.3 Å². The molecule has 2 rings (SSSR count). The van der Waals surface area contributed by atoms with Gasteiger partial charge in [-0.15, -0.1) is 0 Å². The number of nitrogens with zero attached hydrogens (tertiary/aromatic N) is 4. The average Bonchev–Trinajstić information content (AvgIpc) is 2.36. The molecule has 0 aliphatic rings. The lowest BCUT2D eigenvalue weighted by molar-refractivity contribution is 0.397. The van der Waals surface area contributed by atoms with Crippen molar-refractivity contribution >= 4 is 23.5 Å². The van der Waals surface area contributed by atoms with Gasteiger partial charge in [0.2, 0.25) is 23.1 Å². The van der Waals surface area contributed by atoms with Crippen molar-refractivity contribution < 1.29 is 4.74 Å². The Kier molecular flexibility index (Phi) is 3.73. The van der Waals surface area contributed by atoms with Crippen molar-refractivity contribution in [1.82, 2.24) is 19.9 Å². The van der Waals surface area contributed by atoms with Crippen molar-refractivity contribution in [3.63, 3.8) is 0 Å². The Bertz CT molecular complexity index is 512. The zero-order chi connectivity index (χ0) is 13.0. The molecule has 2 aromatic heterocycles. The summed E-state index contributed by atoms with van der Waals surface area (Å²) >= 11 is 5.66. The van der Waals surface area contributed by atoms with E-state index in [0.29, 0.717) is 18.4 Å². The third-order valence-corrected chi connectivity index (χ3v) is 2.25. The highest BCUT2D eigenvalue weighted by Gasteiger charge is 2.02. The molecule has 0 saturated heterocycles. The summed E-state index contributed by atoms with van der Waals surface area (Å²) in [7, 11) is 1.57. The SMILES string of the molecule is COc1ccc(CNc2nc(N)nc(Cl)n2)cn1. The van der Waals surface area contributed by atoms with E-state index in [4.69, 9.17) is 22.1 Å². The van der Waals surface area contributed by atoms with Gasteiger partial charge in [-0.3, -0.25) is 0 Å². The van der Waals surface area contributed by atoms with Crippen molar-refractivity contribution in [2.24, 2.45) is 0 Å². The number of rotatable bonds is 4. The smallest absolute Gasteiger partial charge is 0.229 e. The molecule has 0 aliphatic carbocycles. The number of halogens is 1. The molecule has 8 heteroatoms. The number of anilines is 2. The van der Waals surface area contributed by atoms with Gasteiger partial charge in [0.25, 0.3) is 0 Å². The summed E-state index contributed by atoms with van der Waals surface area (Å²) < 4.78 is 4.96. The summed E-state index contributed by atoms with van der Waals surface area (Å²) in [5.74, 6) is 0.958. The van der Waals surface area contributed by atoms with Gasteiger partial charge < -0.3 is 15.8 Å². The van der Waals surface area contributed by atoms with Crippen molar-refractivity contribution in [2.45, 2.75) is 6.54 Å². The van der Waals surface area contributed by atoms with E-state index in [0.717, 1.165) is 5.56 Å². The van der Waals surface area contributed by atoms with E-state index >= 15 is 0 Å². The number of hydrogen-bond acceptors (Lipinski definition) is 7. The van der Waals surface area contributed by atoms with E-state index in [1.165, 1.54) is 0 Å². The monoisotopic (exact) mass is 266 g/mol. The van der Waals surface area contributed by atoms with Crippen LogP contribution in [-0.4, -0.2) is 27.0 Å². The third kappa shape index (κ3) is 3.17. The summed E-state index contributed by atoms with van der Waals surface area (Å²) in [6.07, 6.45) is 1.69. The molecule has 7 nitrogen and oxygen atoms in total. The minimum Gasteiger partial charge on any atom is -0.481 e. The number of nitrogen functional groups attached to an aromatic ring is 1. The van der Waals surface area contributed by atoms with Crippen LogP contribution in [-0.2, 0) is 6.54 Å². The van der Waals surface area contributed by atoms with Crippen molar-refractivity contribution in [3.8, 4) is 5.88 Å². The Morgan fingerprint density at radius 3 is 2.78 bits per heavy atom. The lowest BCUT2D eigenvalue weighted by Crippen LogP contribution is -2.07. The van der Waals surface area contributed by atoms with Gasteiger partial charge in [-0.2, -0.15) is 15.0 Å². The van der Waals surface area contributed by atoms with Gasteiger partial charge in [-0.25, -0.2) is 4.98 Å². The van der Waals surface area contributed by atoms with E-state index in [9.17, 15) is 0 Å². The number of nitrogens with one attached hydrogen (secondary N) is 1. The molecule has 0 fully saturated rings. The Labute approximate surface area is 108 Å². The van der Waals surface area contributed by atoms with E-state index < -0.39 is 0 Å². The topological polar surface area (TPSA) is 98.8 Å². The van der Waals surface area contributed by atoms with Crippen molar-refractivity contribution in [3.05, 3.63) is 29.2 Å². The lowest BCUT2D eigenvalue weighted by Gasteiger charge is -2.05. The van der Waals surface area contributed by atoms with Gasteiger partial charge in [0.05, 0.1) is 7.11 Å². The number of ether oxygens (including phenoxy) is 1. The normalized spacial score (nSPS) is 10.1. The molecule has 0 amide bonds. The van der Waals surface area contributed by atoms with E-state index in [1.54, 1.807) is 19.4 Å². The molecule has 0 atom stereocenters. The summed E-state index contributed by atoms with van der Waals surface area (Å²) in [4.78, 5) is 15.5. The third-order valence-electron chi connectivity index (χ3n) is 2.08. The summed E-state index contributed by atoms with van der Waals surface area (Å²) in [5, 5.41) is 3.03. The van der Waals surface area contributed by atoms with Crippen LogP contribution in [0.1, 0.15) is 5.56 Å². The molecular formula is C10H11ClN6O. The van der Waals surface area contributed by atoms with Crippen molar-refractivity contribution in [2.75, 3.05) is 18.2 Å². The minimum atomic E-state index is 0.0536. The molecule has 2 aromatic rings. The maximum absolute atomic E-state index is 5.66. The molecule has 94 valence electrons. The molecule has 0 aromatic carbocycles. The predicted octanol–water partition coefficient (Wildman–Crippen LogP) is 1.12. The second kappa shape index (κ2) is 5.46. The Morgan fingerprint density at radius 1 is 1.33 bits per heavy atom. The van der Waals surface area contributed by atoms with Gasteiger partial charge in [-0.05, 0) is 17.2 Å². The second-order valence-corrected chi connectivity index (χ2v) is 3.69. The quantitative estimate of drug-likeness (QED) is 0.855. The average molecular weight is 267 g/mol. The van der Waals surface area contributed by atoms with Crippen LogP contribution >= 0.6 is 11.6 Å². The molecule has 0 bridgehead atoms. The fraction of sp³-hybridized carbons (Fsp3) is 0.200. The predicted molar refractivity (Wildman–Crippen MR) is 67.4 cm³/mol. The maximum Gasteiger partial charge on any atom is 0.229 e. The Hall–Kier alpha value is -2.15. The van der Waals surface area contributed by atoms with Crippen LogP contribution in [0.4, 0.5) is 11.9 Å². The second-order valence-electron chi connectivity index (χ2n) is 3.35. The number of methoxy groups -OCH3 is 1. The van der Waals surface area contributed by atoms with Gasteiger partial charge in [0, 0.05) is 18.8 Å². The Morgan fingerprint density at radius 2 is 2.17 bits per heavy atom. The van der Waals surface area contributed by atoms with Crippen LogP contribution < -0.4 is 15.8 Å². The largest absolute Gasteiger partial charge is 0.481 e. The molecule has 3 N–H and O–H groups in total. The molecule has 18 heavy (non-hydrogen) atoms. The highest BCUT2D eigenvalue weighted by Crippen LogP contribution is 2.10. The van der Waals surface area contributed by atoms with E-state index in [-0.39, 0.29) is 11.2 Å². The Balaban J connectivity index is 2.01. The van der Waals surface area contributed by atoms with Crippen LogP contribution in [0.2, 0.25) is 5.28 Å². The fourth-order valence-corrected chi connectivity index (χ4v) is 1.43. The standard InChI is InChI=1S/C10H11ClN6O/c1-18-7-3-2-6(4-13-7)5-14-10-16-8(11)15-9(12)17-10/h2-4H,5H2,1H3,(H3,12,14,15,16,17). The van der Waals surface area contributed by atoms with Crippen LogP contribution in [0.3, 0.4) is 0 Å². The first-order valence-corrected chi connectivity index (χ1v) is 5.45. The van der Waals surface area contributed by atoms with Crippen LogP contribution in [0.5, 0.6) is 5.88 Å². The summed E-state index contributed by atoms with van der Waals surface area (Å²) in [6.45, 7) is 0.497. The van der Waals surface area contributed by atoms with Crippen LogP contribution in [0.25, 0.3) is 0 Å². The van der Waals surface area contributed by atoms with Crippen LogP contribution in [0.15, 0.2) is 18.3 Å². The summed E-state index contributed by atoms with van der Waals surface area (Å²) in [5.41, 5.74) is 6.40. The zero-order valence-corrected chi connectivity index (χ0v) is 10.3. The summed E-state index contributed by atoms with van der Waals surface area (Å²) in [6, 6.07) is 3.65. The van der Waals surface area contributed by atoms with Crippen LogP contribution in [0, 0.1) is 0 Å². The first kappa shape index (κ1) is 12.3. The number of hydrogen-bond donors (Lipinski definition) is 2. The van der Waals surface area contributed by atoms with Crippen molar-refractivity contribution in [1.29, 1.82) is 0 Å². The van der Waals surface area contributed by atoms with E-state index in [1.807, 2.05) is 6.07 Å². The molecule has 0 unspecified atom stereocenters. The molecule has 0 spiro atoms. The highest BCUT2D eigenvalue weighted by atomic mass is 35.5. The fourth-order valence-electron chi connectivity index (χ4n) is 1.26. The number of pyridine rings is 1. The zero-order valence-electron chi connectivity index (χ0n) is 9.59. The highest BCUT2D eigenvalue weighted by molar-refractivity contribution is 6.28. The minimum absolute atomic E-state index is 0.0536. The lowest BCUT2D eigenvalue weighted by atomic mass is 10.3. The molecule has 2 heterocycles. The number of aromatic nitrogens is 4. The van der Waals surface area contributed by atoms with Gasteiger partial charge in [0.15, 0.2) is 0 Å². The molecule has 0 radical (unpaired) electrons. The van der Waals surface area contributed by atoms with Gasteiger partial charge in [-0.1, -0.05) is 6.07 Å². The van der Waals surface area contributed by atoms with Gasteiger partial charge >= 0.3 is 0 Å². The number of nitrogens with two attached hydrogens (primary N) is 1. The first-order chi connectivity index (χ1) is 8.67.